The first-order valence-electron chi connectivity index (χ1n) is 3.68. The molecule has 1 saturated heterocycles. The van der Waals surface area contributed by atoms with Gasteiger partial charge in [-0.3, -0.25) is 0 Å². The summed E-state index contributed by atoms with van der Waals surface area (Å²) in [5, 5.41) is 24.9. The van der Waals surface area contributed by atoms with Crippen molar-refractivity contribution in [3.05, 3.63) is 20.9 Å². The summed E-state index contributed by atoms with van der Waals surface area (Å²) in [6.07, 6.45) is 0. The van der Waals surface area contributed by atoms with Crippen LogP contribution in [0.4, 0.5) is 0 Å². The zero-order chi connectivity index (χ0) is 10.7. The molecule has 0 bridgehead atoms. The monoisotopic (exact) mass is 200 g/mol. The smallest absolute Gasteiger partial charge is 0.286 e. The molecule has 9 nitrogen and oxygen atoms in total. The molecule has 0 radical (unpaired) electrons. The molecule has 1 aliphatic heterocycles. The molecule has 1 fully saturated rings. The van der Waals surface area contributed by atoms with Crippen molar-refractivity contribution in [1.82, 2.24) is 0 Å². The summed E-state index contributed by atoms with van der Waals surface area (Å²) in [6, 6.07) is 0. The highest BCUT2D eigenvalue weighted by molar-refractivity contribution is 4.97. The van der Waals surface area contributed by atoms with Gasteiger partial charge >= 0.3 is 0 Å². The SMILES string of the molecule is [N-]=[N+]=NCC1(CN=[N+]=[N-])COC1(O)O. The molecule has 9 heteroatoms. The van der Waals surface area contributed by atoms with Crippen LogP contribution in [0.15, 0.2) is 10.2 Å². The number of aliphatic hydroxyl groups is 2. The summed E-state index contributed by atoms with van der Waals surface area (Å²) in [5.74, 6) is -2.39. The first-order valence-corrected chi connectivity index (χ1v) is 3.68. The lowest BCUT2D eigenvalue weighted by molar-refractivity contribution is -0.470. The van der Waals surface area contributed by atoms with Crippen molar-refractivity contribution >= 4 is 0 Å². The second-order valence-corrected chi connectivity index (χ2v) is 2.96. The Morgan fingerprint density at radius 1 is 1.21 bits per heavy atom. The quantitative estimate of drug-likeness (QED) is 0.290. The van der Waals surface area contributed by atoms with E-state index in [4.69, 9.17) is 11.1 Å². The van der Waals surface area contributed by atoms with Gasteiger partial charge in [0, 0.05) is 22.9 Å². The topological polar surface area (TPSA) is 147 Å². The Hall–Kier alpha value is -1.50. The van der Waals surface area contributed by atoms with Crippen LogP contribution < -0.4 is 0 Å². The van der Waals surface area contributed by atoms with E-state index in [9.17, 15) is 10.2 Å². The number of nitrogens with zero attached hydrogens (tertiary/aromatic N) is 6. The Kier molecular flexibility index (Phi) is 2.80. The van der Waals surface area contributed by atoms with E-state index in [1.54, 1.807) is 0 Å². The lowest BCUT2D eigenvalue weighted by Gasteiger charge is -2.50. The third-order valence-corrected chi connectivity index (χ3v) is 2.11. The molecule has 0 unspecified atom stereocenters. The van der Waals surface area contributed by atoms with Crippen LogP contribution in [0.3, 0.4) is 0 Å². The summed E-state index contributed by atoms with van der Waals surface area (Å²) >= 11 is 0. The number of hydrogen-bond acceptors (Lipinski definition) is 5. The minimum absolute atomic E-state index is 0.0297. The van der Waals surface area contributed by atoms with Gasteiger partial charge in [0.05, 0.1) is 12.0 Å². The van der Waals surface area contributed by atoms with Crippen LogP contribution in [0.5, 0.6) is 0 Å². The van der Waals surface area contributed by atoms with E-state index in [2.05, 4.69) is 24.8 Å². The van der Waals surface area contributed by atoms with Crippen molar-refractivity contribution in [3.8, 4) is 0 Å². The molecule has 2 N–H and O–H groups in total. The van der Waals surface area contributed by atoms with Crippen molar-refractivity contribution in [1.29, 1.82) is 0 Å². The minimum atomic E-state index is -2.39. The lowest BCUT2D eigenvalue weighted by Crippen LogP contribution is -2.66. The standard InChI is InChI=1S/C5H8N6O3/c6-10-8-1-4(2-9-11-7)3-14-5(4,12)13/h12-13H,1-3H2. The van der Waals surface area contributed by atoms with Crippen LogP contribution in [-0.4, -0.2) is 35.9 Å². The molecule has 1 heterocycles. The summed E-state index contributed by atoms with van der Waals surface area (Å²) in [7, 11) is 0. The normalized spacial score (nSPS) is 28.1. The van der Waals surface area contributed by atoms with E-state index < -0.39 is 11.4 Å². The maximum atomic E-state index is 9.24. The molecule has 14 heavy (non-hydrogen) atoms. The molecule has 0 aromatic rings. The minimum Gasteiger partial charge on any atom is -0.343 e. The van der Waals surface area contributed by atoms with Gasteiger partial charge in [-0.1, -0.05) is 10.2 Å². The Labute approximate surface area is 78.2 Å². The molecule has 0 amide bonds. The fourth-order valence-electron chi connectivity index (χ4n) is 1.09. The summed E-state index contributed by atoms with van der Waals surface area (Å²) in [6.45, 7) is -0.428. The van der Waals surface area contributed by atoms with Crippen LogP contribution in [0, 0.1) is 5.41 Å². The Morgan fingerprint density at radius 2 is 1.71 bits per heavy atom. The summed E-state index contributed by atoms with van der Waals surface area (Å²) in [5.41, 5.74) is 15.0. The van der Waals surface area contributed by atoms with Gasteiger partial charge < -0.3 is 14.9 Å². The molecular weight excluding hydrogens is 192 g/mol. The van der Waals surface area contributed by atoms with Gasteiger partial charge in [0.1, 0.15) is 0 Å². The number of ether oxygens (including phenoxy) is 1. The summed E-state index contributed by atoms with van der Waals surface area (Å²) in [4.78, 5) is 4.98. The van der Waals surface area contributed by atoms with Crippen LogP contribution in [0.2, 0.25) is 0 Å². The zero-order valence-electron chi connectivity index (χ0n) is 7.11. The lowest BCUT2D eigenvalue weighted by atomic mass is 9.81. The molecule has 1 aliphatic rings. The molecule has 0 aromatic heterocycles. The maximum Gasteiger partial charge on any atom is 0.286 e. The van der Waals surface area contributed by atoms with Crippen LogP contribution in [0.25, 0.3) is 20.9 Å². The van der Waals surface area contributed by atoms with E-state index >= 15 is 0 Å². The molecular formula is C5H8N6O3. The molecule has 0 atom stereocenters. The highest BCUT2D eigenvalue weighted by Gasteiger charge is 2.59. The number of azide groups is 2. The predicted octanol–water partition coefficient (Wildman–Crippen LogP) is 0.262. The van der Waals surface area contributed by atoms with Crippen LogP contribution in [-0.2, 0) is 4.74 Å². The number of rotatable bonds is 4. The van der Waals surface area contributed by atoms with Crippen LogP contribution in [0.1, 0.15) is 0 Å². The van der Waals surface area contributed by atoms with Crippen molar-refractivity contribution in [2.24, 2.45) is 15.6 Å². The van der Waals surface area contributed by atoms with Gasteiger partial charge in [-0.15, -0.1) is 0 Å². The van der Waals surface area contributed by atoms with Crippen molar-refractivity contribution < 1.29 is 14.9 Å². The fourth-order valence-corrected chi connectivity index (χ4v) is 1.09. The highest BCUT2D eigenvalue weighted by atomic mass is 16.8. The largest absolute Gasteiger partial charge is 0.343 e. The maximum absolute atomic E-state index is 9.24. The first kappa shape index (κ1) is 10.6. The molecule has 0 aliphatic carbocycles. The molecule has 76 valence electrons. The van der Waals surface area contributed by atoms with E-state index in [-0.39, 0.29) is 19.7 Å². The van der Waals surface area contributed by atoms with Crippen molar-refractivity contribution in [2.45, 2.75) is 5.97 Å². The molecule has 0 aromatic carbocycles. The molecule has 0 saturated carbocycles. The second kappa shape index (κ2) is 3.70. The third kappa shape index (κ3) is 1.58. The summed E-state index contributed by atoms with van der Waals surface area (Å²) < 4.78 is 4.47. The first-order chi connectivity index (χ1) is 6.58. The Bertz CT molecular complexity index is 295. The van der Waals surface area contributed by atoms with Crippen molar-refractivity contribution in [2.75, 3.05) is 19.7 Å². The van der Waals surface area contributed by atoms with Gasteiger partial charge in [0.15, 0.2) is 0 Å². The van der Waals surface area contributed by atoms with E-state index in [1.807, 2.05) is 0 Å². The van der Waals surface area contributed by atoms with Gasteiger partial charge in [-0.2, -0.15) is 0 Å². The van der Waals surface area contributed by atoms with Gasteiger partial charge in [-0.25, -0.2) is 0 Å². The van der Waals surface area contributed by atoms with E-state index in [0.717, 1.165) is 0 Å². The van der Waals surface area contributed by atoms with Crippen LogP contribution >= 0.6 is 0 Å². The van der Waals surface area contributed by atoms with Gasteiger partial charge in [0.2, 0.25) is 0 Å². The Morgan fingerprint density at radius 3 is 1.93 bits per heavy atom. The van der Waals surface area contributed by atoms with Gasteiger partial charge in [0.25, 0.3) is 5.97 Å². The third-order valence-electron chi connectivity index (χ3n) is 2.11. The predicted molar refractivity (Wildman–Crippen MR) is 43.6 cm³/mol. The Balaban J connectivity index is 2.79. The van der Waals surface area contributed by atoms with E-state index in [1.165, 1.54) is 0 Å². The second-order valence-electron chi connectivity index (χ2n) is 2.96. The average molecular weight is 200 g/mol. The number of hydrogen-bond donors (Lipinski definition) is 2. The molecule has 0 spiro atoms. The fraction of sp³-hybridized carbons (Fsp3) is 1.00. The zero-order valence-corrected chi connectivity index (χ0v) is 7.11. The van der Waals surface area contributed by atoms with Gasteiger partial charge in [-0.05, 0) is 11.1 Å². The average Bonchev–Trinajstić information content (AvgIpc) is 2.17. The van der Waals surface area contributed by atoms with E-state index in [0.29, 0.717) is 0 Å². The van der Waals surface area contributed by atoms with Crippen molar-refractivity contribution in [3.63, 3.8) is 0 Å². The highest BCUT2D eigenvalue weighted by Crippen LogP contribution is 2.41. The molecule has 1 rings (SSSR count).